The predicted octanol–water partition coefficient (Wildman–Crippen LogP) is 6.91. The normalized spacial score (nSPS) is 12.1. The van der Waals surface area contributed by atoms with Crippen LogP contribution in [0.2, 0.25) is 0 Å². The molecule has 0 spiro atoms. The van der Waals surface area contributed by atoms with Crippen molar-refractivity contribution >= 4 is 70.7 Å². The third-order valence-electron chi connectivity index (χ3n) is 7.45. The van der Waals surface area contributed by atoms with Gasteiger partial charge in [-0.1, -0.05) is 72.8 Å². The van der Waals surface area contributed by atoms with E-state index in [-0.39, 0.29) is 10.9 Å². The van der Waals surface area contributed by atoms with Gasteiger partial charge in [0.05, 0.1) is 32.8 Å². The zero-order chi connectivity index (χ0) is 24.0. The van der Waals surface area contributed by atoms with Gasteiger partial charge in [0.2, 0.25) is 0 Å². The van der Waals surface area contributed by atoms with E-state index in [4.69, 9.17) is 0 Å². The van der Waals surface area contributed by atoms with Gasteiger partial charge >= 0.3 is 0 Å². The second-order valence-corrected chi connectivity index (χ2v) is 9.35. The molecule has 0 radical (unpaired) electrons. The van der Waals surface area contributed by atoms with Crippen LogP contribution in [0.1, 0.15) is 0 Å². The van der Waals surface area contributed by atoms with E-state index >= 15 is 0 Å². The molecule has 4 nitrogen and oxygen atoms in total. The van der Waals surface area contributed by atoms with E-state index in [1.165, 1.54) is 0 Å². The van der Waals surface area contributed by atoms with Crippen molar-refractivity contribution in [3.05, 3.63) is 124 Å². The van der Waals surface area contributed by atoms with Crippen LogP contribution >= 0.6 is 0 Å². The Balaban J connectivity index is 1.92. The first-order valence-corrected chi connectivity index (χ1v) is 12.0. The number of rotatable bonds is 0. The van der Waals surface area contributed by atoms with Crippen LogP contribution in [0.3, 0.4) is 0 Å². The Morgan fingerprint density at radius 3 is 1.78 bits per heavy atom. The molecule has 10 rings (SSSR count). The molecule has 0 atom stereocenters. The van der Waals surface area contributed by atoms with E-state index in [0.717, 1.165) is 43.6 Å². The Kier molecular flexibility index (Phi) is 3.66. The number of benzene rings is 6. The van der Waals surface area contributed by atoms with Gasteiger partial charge in [-0.25, -0.2) is 0 Å². The topological polar surface area (TPSA) is 54.3 Å². The van der Waals surface area contributed by atoms with Crippen LogP contribution in [0.5, 0.6) is 0 Å². The van der Waals surface area contributed by atoms with Crippen LogP contribution in [0.25, 0.3) is 70.7 Å². The average molecular weight is 463 g/mol. The van der Waals surface area contributed by atoms with E-state index in [2.05, 4.69) is 45.8 Å². The Bertz CT molecular complexity index is 2340. The smallest absolute Gasteiger partial charge is 0.196 e. The van der Waals surface area contributed by atoms with Gasteiger partial charge in [0.25, 0.3) is 0 Å². The Labute approximate surface area is 203 Å². The van der Waals surface area contributed by atoms with Crippen molar-refractivity contribution < 1.29 is 0 Å². The summed E-state index contributed by atoms with van der Waals surface area (Å²) in [6.45, 7) is 0. The summed E-state index contributed by atoms with van der Waals surface area (Å²) in [5.41, 5.74) is 3.99. The number of H-pyrrole nitrogens is 1. The van der Waals surface area contributed by atoms with E-state index < -0.39 is 0 Å². The van der Waals surface area contributed by atoms with Gasteiger partial charge in [-0.2, -0.15) is 0 Å². The summed E-state index contributed by atoms with van der Waals surface area (Å²) in [6.07, 6.45) is 0. The summed E-state index contributed by atoms with van der Waals surface area (Å²) in [7, 11) is 0. The van der Waals surface area contributed by atoms with Gasteiger partial charge in [0, 0.05) is 32.4 Å². The first kappa shape index (κ1) is 19.4. The molecule has 4 heteroatoms. The molecule has 0 unspecified atom stereocenters. The minimum Gasteiger partial charge on any atom is -0.355 e. The third kappa shape index (κ3) is 2.38. The molecule has 0 aliphatic heterocycles. The number of para-hydroxylation sites is 2. The number of hydrogen-bond acceptors (Lipinski definition) is 2. The van der Waals surface area contributed by atoms with Crippen molar-refractivity contribution in [1.82, 2.24) is 9.38 Å². The van der Waals surface area contributed by atoms with Crippen molar-refractivity contribution in [3.8, 4) is 0 Å². The Morgan fingerprint density at radius 1 is 0.528 bits per heavy atom. The molecule has 0 fully saturated rings. The van der Waals surface area contributed by atoms with Gasteiger partial charge in [0.1, 0.15) is 0 Å². The second kappa shape index (κ2) is 6.80. The maximum absolute atomic E-state index is 14.2. The summed E-state index contributed by atoms with van der Waals surface area (Å²) in [4.78, 5) is 31.6. The van der Waals surface area contributed by atoms with Crippen molar-refractivity contribution in [2.75, 3.05) is 0 Å². The molecule has 0 aliphatic rings. The SMILES string of the molecule is O=c1c2ccccc2c(=O)c2c1c1cc3c4ccccc4n(c4ccccc4c4ccc(cc4)[nH]1)c32. The predicted molar refractivity (Wildman–Crippen MR) is 149 cm³/mol. The van der Waals surface area contributed by atoms with Gasteiger partial charge in [-0.3, -0.25) is 9.59 Å². The lowest BCUT2D eigenvalue weighted by Crippen LogP contribution is -2.14. The quantitative estimate of drug-likeness (QED) is 0.249. The molecule has 36 heavy (non-hydrogen) atoms. The standard InChI is InChI=1S/C32H18N2O2/c35-31-22-9-1-2-10-23(22)32(36)29-28(31)25-17-24-21-8-4-6-12-27(21)34(30(24)29)26-11-5-3-7-20(26)18-13-15-19(33-25)16-14-18/h1-17,33H. The molecule has 0 saturated carbocycles. The fourth-order valence-corrected chi connectivity index (χ4v) is 5.88. The minimum atomic E-state index is -0.136. The van der Waals surface area contributed by atoms with Gasteiger partial charge < -0.3 is 9.38 Å². The van der Waals surface area contributed by atoms with Gasteiger partial charge in [-0.05, 0) is 35.7 Å². The maximum Gasteiger partial charge on any atom is 0.196 e. The molecule has 10 aromatic rings. The molecular formula is C32H18N2O2. The Hall–Kier alpha value is -4.96. The van der Waals surface area contributed by atoms with E-state index in [1.807, 2.05) is 54.6 Å². The van der Waals surface area contributed by atoms with Crippen molar-refractivity contribution in [1.29, 1.82) is 0 Å². The molecule has 4 aromatic heterocycles. The summed E-state index contributed by atoms with van der Waals surface area (Å²) in [5, 5.41) is 5.90. The number of hydrogen-bond donors (Lipinski definition) is 1. The molecule has 0 aliphatic carbocycles. The molecular weight excluding hydrogens is 444 g/mol. The van der Waals surface area contributed by atoms with Crippen LogP contribution in [0, 0.1) is 0 Å². The number of nitrogens with one attached hydrogen (secondary N) is 1. The zero-order valence-corrected chi connectivity index (χ0v) is 19.1. The molecule has 6 aromatic carbocycles. The summed E-state index contributed by atoms with van der Waals surface area (Å²) >= 11 is 0. The number of nitrogens with zero attached hydrogens (tertiary/aromatic N) is 1. The third-order valence-corrected chi connectivity index (χ3v) is 7.45. The molecule has 6 bridgehead atoms. The van der Waals surface area contributed by atoms with Crippen molar-refractivity contribution in [2.24, 2.45) is 0 Å². The number of aromatic nitrogens is 2. The second-order valence-electron chi connectivity index (χ2n) is 9.35. The zero-order valence-electron chi connectivity index (χ0n) is 19.1. The minimum absolute atomic E-state index is 0.124. The molecule has 4 heterocycles. The van der Waals surface area contributed by atoms with E-state index in [0.29, 0.717) is 27.1 Å². The van der Waals surface area contributed by atoms with Crippen molar-refractivity contribution in [3.63, 3.8) is 0 Å². The van der Waals surface area contributed by atoms with Crippen LogP contribution in [-0.4, -0.2) is 9.38 Å². The Morgan fingerprint density at radius 2 is 1.08 bits per heavy atom. The molecule has 1 N–H and O–H groups in total. The highest BCUT2D eigenvalue weighted by Crippen LogP contribution is 2.36. The highest BCUT2D eigenvalue weighted by molar-refractivity contribution is 6.24. The summed E-state index contributed by atoms with van der Waals surface area (Å²) in [5.74, 6) is 0. The van der Waals surface area contributed by atoms with E-state index in [1.54, 1.807) is 12.1 Å². The first-order chi connectivity index (χ1) is 17.7. The fourth-order valence-electron chi connectivity index (χ4n) is 5.88. The van der Waals surface area contributed by atoms with Crippen LogP contribution < -0.4 is 10.9 Å². The lowest BCUT2D eigenvalue weighted by atomic mass is 9.98. The monoisotopic (exact) mass is 462 g/mol. The van der Waals surface area contributed by atoms with Crippen LogP contribution in [-0.2, 0) is 0 Å². The number of aromatic amines is 1. The molecule has 168 valence electrons. The highest BCUT2D eigenvalue weighted by atomic mass is 16.1. The van der Waals surface area contributed by atoms with E-state index in [9.17, 15) is 9.59 Å². The van der Waals surface area contributed by atoms with Crippen LogP contribution in [0.15, 0.2) is 113 Å². The summed E-state index contributed by atoms with van der Waals surface area (Å²) < 4.78 is 2.16. The fraction of sp³-hybridized carbons (Fsp3) is 0. The largest absolute Gasteiger partial charge is 0.355 e. The maximum atomic E-state index is 14.2. The first-order valence-electron chi connectivity index (χ1n) is 12.0. The molecule has 0 amide bonds. The number of fused-ring (bicyclic) bond motifs is 3. The lowest BCUT2D eigenvalue weighted by molar-refractivity contribution is 1.35. The summed E-state index contributed by atoms with van der Waals surface area (Å²) in [6, 6.07) is 33.8. The van der Waals surface area contributed by atoms with Gasteiger partial charge in [-0.15, -0.1) is 0 Å². The molecule has 0 saturated heterocycles. The lowest BCUT2D eigenvalue weighted by Gasteiger charge is -2.09. The highest BCUT2D eigenvalue weighted by Gasteiger charge is 2.20. The van der Waals surface area contributed by atoms with Crippen LogP contribution in [0.4, 0.5) is 0 Å². The van der Waals surface area contributed by atoms with Gasteiger partial charge in [0.15, 0.2) is 10.9 Å². The van der Waals surface area contributed by atoms with Crippen molar-refractivity contribution in [2.45, 2.75) is 0 Å². The average Bonchev–Trinajstić information content (AvgIpc) is 3.25.